The summed E-state index contributed by atoms with van der Waals surface area (Å²) in [6.45, 7) is 14.0. The highest BCUT2D eigenvalue weighted by molar-refractivity contribution is 4.94. The number of hydrogen-bond donors (Lipinski definition) is 0. The van der Waals surface area contributed by atoms with Crippen molar-refractivity contribution in [2.24, 2.45) is 7.05 Å². The summed E-state index contributed by atoms with van der Waals surface area (Å²) < 4.78 is 1.83. The highest BCUT2D eigenvalue weighted by atomic mass is 15.2. The number of aryl methyl sites for hydroxylation is 2. The molecular formula is C11H26N2. The van der Waals surface area contributed by atoms with Crippen molar-refractivity contribution in [3.63, 3.8) is 0 Å². The molecule has 13 heavy (non-hydrogen) atoms. The third kappa shape index (κ3) is 11.2. The molecule has 0 bridgehead atoms. The van der Waals surface area contributed by atoms with Gasteiger partial charge in [-0.05, 0) is 13.0 Å². The minimum Gasteiger partial charge on any atom is -0.273 e. The van der Waals surface area contributed by atoms with E-state index in [0.29, 0.717) is 0 Å². The van der Waals surface area contributed by atoms with E-state index in [2.05, 4.69) is 5.10 Å². The zero-order valence-corrected chi connectivity index (χ0v) is 10.5. The molecule has 0 spiro atoms. The second-order valence-electron chi connectivity index (χ2n) is 1.60. The molecule has 0 aliphatic heterocycles. The summed E-state index contributed by atoms with van der Waals surface area (Å²) in [5, 5.41) is 3.93. The van der Waals surface area contributed by atoms with E-state index in [1.165, 1.54) is 5.69 Å². The predicted molar refractivity (Wildman–Crippen MR) is 62.0 cm³/mol. The normalized spacial score (nSPS) is 6.46. The molecule has 0 N–H and O–H groups in total. The largest absolute Gasteiger partial charge is 0.273 e. The van der Waals surface area contributed by atoms with Crippen LogP contribution < -0.4 is 0 Å². The second kappa shape index (κ2) is 17.3. The molecule has 0 saturated carbocycles. The molecule has 2 nitrogen and oxygen atoms in total. The van der Waals surface area contributed by atoms with Crippen LogP contribution in [0.1, 0.15) is 47.2 Å². The fraction of sp³-hybridized carbons (Fsp3) is 0.727. The van der Waals surface area contributed by atoms with Gasteiger partial charge in [0.05, 0.1) is 0 Å². The van der Waals surface area contributed by atoms with Crippen LogP contribution in [0.3, 0.4) is 0 Å². The third-order valence-electron chi connectivity index (χ3n) is 1.07. The SMILES string of the molecule is CC.CC.CC.Cc1ccnn1C. The van der Waals surface area contributed by atoms with Gasteiger partial charge >= 0.3 is 0 Å². The first kappa shape index (κ1) is 18.1. The summed E-state index contributed by atoms with van der Waals surface area (Å²) in [6, 6.07) is 1.97. The van der Waals surface area contributed by atoms with E-state index in [1.807, 2.05) is 66.3 Å². The van der Waals surface area contributed by atoms with E-state index in [1.54, 1.807) is 6.20 Å². The van der Waals surface area contributed by atoms with Gasteiger partial charge in [0.1, 0.15) is 0 Å². The lowest BCUT2D eigenvalue weighted by Gasteiger charge is -1.87. The summed E-state index contributed by atoms with van der Waals surface area (Å²) in [5.74, 6) is 0. The van der Waals surface area contributed by atoms with Crippen molar-refractivity contribution in [2.45, 2.75) is 48.5 Å². The first-order valence-corrected chi connectivity index (χ1v) is 5.25. The Balaban J connectivity index is -0.000000144. The Morgan fingerprint density at radius 1 is 1.00 bits per heavy atom. The van der Waals surface area contributed by atoms with Gasteiger partial charge in [0.2, 0.25) is 0 Å². The summed E-state index contributed by atoms with van der Waals surface area (Å²) in [6.07, 6.45) is 1.79. The Hall–Kier alpha value is -0.790. The van der Waals surface area contributed by atoms with Crippen molar-refractivity contribution >= 4 is 0 Å². The Morgan fingerprint density at radius 3 is 1.46 bits per heavy atom. The molecule has 0 aromatic carbocycles. The standard InChI is InChI=1S/C5H8N2.3C2H6/c1-5-3-4-6-7(5)2;3*1-2/h3-4H,1-2H3;3*1-2H3. The van der Waals surface area contributed by atoms with Gasteiger partial charge < -0.3 is 0 Å². The topological polar surface area (TPSA) is 17.8 Å². The summed E-state index contributed by atoms with van der Waals surface area (Å²) in [4.78, 5) is 0. The van der Waals surface area contributed by atoms with Crippen LogP contribution in [0.15, 0.2) is 12.3 Å². The minimum atomic E-state index is 1.19. The maximum absolute atomic E-state index is 3.93. The van der Waals surface area contributed by atoms with E-state index in [0.717, 1.165) is 0 Å². The number of aromatic nitrogens is 2. The van der Waals surface area contributed by atoms with Crippen molar-refractivity contribution in [1.29, 1.82) is 0 Å². The fourth-order valence-corrected chi connectivity index (χ4v) is 0.440. The molecule has 2 heteroatoms. The highest BCUT2D eigenvalue weighted by Gasteiger charge is 1.83. The summed E-state index contributed by atoms with van der Waals surface area (Å²) in [5.41, 5.74) is 1.19. The van der Waals surface area contributed by atoms with Crippen LogP contribution in [0.2, 0.25) is 0 Å². The van der Waals surface area contributed by atoms with Crippen LogP contribution in [0, 0.1) is 6.92 Å². The Bertz CT molecular complexity index is 140. The first-order valence-electron chi connectivity index (χ1n) is 5.25. The number of hydrogen-bond acceptors (Lipinski definition) is 1. The van der Waals surface area contributed by atoms with Gasteiger partial charge in [-0.2, -0.15) is 5.10 Å². The molecule has 0 radical (unpaired) electrons. The maximum Gasteiger partial charge on any atom is 0.0492 e. The van der Waals surface area contributed by atoms with Gasteiger partial charge in [-0.1, -0.05) is 41.5 Å². The molecule has 0 saturated heterocycles. The van der Waals surface area contributed by atoms with E-state index < -0.39 is 0 Å². The van der Waals surface area contributed by atoms with Crippen molar-refractivity contribution in [3.8, 4) is 0 Å². The first-order chi connectivity index (χ1) is 6.30. The molecule has 1 aromatic rings. The predicted octanol–water partition coefficient (Wildman–Crippen LogP) is 3.81. The lowest BCUT2D eigenvalue weighted by molar-refractivity contribution is 0.740. The summed E-state index contributed by atoms with van der Waals surface area (Å²) in [7, 11) is 1.93. The molecule has 1 aromatic heterocycles. The van der Waals surface area contributed by atoms with E-state index >= 15 is 0 Å². The molecule has 0 unspecified atom stereocenters. The van der Waals surface area contributed by atoms with Gasteiger partial charge in [-0.15, -0.1) is 0 Å². The van der Waals surface area contributed by atoms with Crippen LogP contribution in [0.4, 0.5) is 0 Å². The molecule has 0 fully saturated rings. The van der Waals surface area contributed by atoms with Gasteiger partial charge in [0.15, 0.2) is 0 Å². The molecule has 80 valence electrons. The van der Waals surface area contributed by atoms with Crippen molar-refractivity contribution in [3.05, 3.63) is 18.0 Å². The molecule has 1 heterocycles. The third-order valence-corrected chi connectivity index (χ3v) is 1.07. The molecule has 0 amide bonds. The second-order valence-corrected chi connectivity index (χ2v) is 1.60. The lowest BCUT2D eigenvalue weighted by atomic mass is 10.5. The summed E-state index contributed by atoms with van der Waals surface area (Å²) >= 11 is 0. The smallest absolute Gasteiger partial charge is 0.0492 e. The maximum atomic E-state index is 3.93. The molecule has 0 aliphatic rings. The molecular weight excluding hydrogens is 160 g/mol. The van der Waals surface area contributed by atoms with Gasteiger partial charge in [-0.25, -0.2) is 0 Å². The Labute approximate surface area is 84.0 Å². The van der Waals surface area contributed by atoms with Crippen LogP contribution in [0.25, 0.3) is 0 Å². The molecule has 0 aliphatic carbocycles. The highest BCUT2D eigenvalue weighted by Crippen LogP contribution is 1.88. The Kier molecular flexibility index (Phi) is 24.1. The van der Waals surface area contributed by atoms with Crippen molar-refractivity contribution in [1.82, 2.24) is 9.78 Å². The van der Waals surface area contributed by atoms with Crippen LogP contribution >= 0.6 is 0 Å². The van der Waals surface area contributed by atoms with Crippen LogP contribution in [-0.4, -0.2) is 9.78 Å². The number of rotatable bonds is 0. The average Bonchev–Trinajstić information content (AvgIpc) is 2.61. The van der Waals surface area contributed by atoms with E-state index in [4.69, 9.17) is 0 Å². The minimum absolute atomic E-state index is 1.19. The van der Waals surface area contributed by atoms with Crippen LogP contribution in [0.5, 0.6) is 0 Å². The lowest BCUT2D eigenvalue weighted by Crippen LogP contribution is -1.90. The van der Waals surface area contributed by atoms with Gasteiger partial charge in [-0.3, -0.25) is 4.68 Å². The molecule has 1 rings (SSSR count). The van der Waals surface area contributed by atoms with E-state index in [9.17, 15) is 0 Å². The van der Waals surface area contributed by atoms with E-state index in [-0.39, 0.29) is 0 Å². The van der Waals surface area contributed by atoms with Crippen molar-refractivity contribution in [2.75, 3.05) is 0 Å². The Morgan fingerprint density at radius 2 is 1.38 bits per heavy atom. The average molecular weight is 186 g/mol. The quantitative estimate of drug-likeness (QED) is 0.602. The van der Waals surface area contributed by atoms with Gasteiger partial charge in [0.25, 0.3) is 0 Å². The van der Waals surface area contributed by atoms with Crippen LogP contribution in [-0.2, 0) is 7.05 Å². The zero-order chi connectivity index (χ0) is 11.3. The number of nitrogens with zero attached hydrogens (tertiary/aromatic N) is 2. The zero-order valence-electron chi connectivity index (χ0n) is 10.5. The molecule has 0 atom stereocenters. The van der Waals surface area contributed by atoms with Crippen molar-refractivity contribution < 1.29 is 0 Å². The fourth-order valence-electron chi connectivity index (χ4n) is 0.440. The van der Waals surface area contributed by atoms with Gasteiger partial charge in [0, 0.05) is 18.9 Å². The monoisotopic (exact) mass is 186 g/mol.